The van der Waals surface area contributed by atoms with Crippen LogP contribution in [0.15, 0.2) is 6.07 Å². The molecule has 3 N–H and O–H groups in total. The fraction of sp³-hybridized carbons (Fsp3) is 0.375. The van der Waals surface area contributed by atoms with E-state index in [2.05, 4.69) is 9.72 Å². The summed E-state index contributed by atoms with van der Waals surface area (Å²) in [6.45, 7) is -0.0512. The standard InChI is InChI=1S/C8H10F2N2O2/c1-14-8-6(13)4(3-11)2-5(12-8)7(9)10/h2,7,13H,3,11H2,1H3. The third kappa shape index (κ3) is 1.90. The van der Waals surface area contributed by atoms with Gasteiger partial charge in [0.2, 0.25) is 0 Å². The van der Waals surface area contributed by atoms with Gasteiger partial charge >= 0.3 is 0 Å². The Balaban J connectivity index is 3.25. The van der Waals surface area contributed by atoms with Gasteiger partial charge in [-0.15, -0.1) is 0 Å². The molecule has 0 aliphatic rings. The average Bonchev–Trinajstić information content (AvgIpc) is 2.17. The molecule has 1 aromatic heterocycles. The number of nitrogens with zero attached hydrogens (tertiary/aromatic N) is 1. The molecule has 0 aromatic carbocycles. The van der Waals surface area contributed by atoms with Crippen molar-refractivity contribution in [2.75, 3.05) is 7.11 Å². The highest BCUT2D eigenvalue weighted by molar-refractivity contribution is 5.42. The minimum absolute atomic E-state index is 0.0512. The van der Waals surface area contributed by atoms with Crippen LogP contribution in [-0.2, 0) is 6.54 Å². The molecule has 0 amide bonds. The molecular weight excluding hydrogens is 194 g/mol. The largest absolute Gasteiger partial charge is 0.503 e. The molecule has 1 heterocycles. The number of rotatable bonds is 3. The second-order valence-corrected chi connectivity index (χ2v) is 2.57. The Morgan fingerprint density at radius 1 is 1.64 bits per heavy atom. The minimum Gasteiger partial charge on any atom is -0.503 e. The van der Waals surface area contributed by atoms with Gasteiger partial charge in [0, 0.05) is 12.1 Å². The van der Waals surface area contributed by atoms with Gasteiger partial charge in [0.05, 0.1) is 7.11 Å². The lowest BCUT2D eigenvalue weighted by molar-refractivity contribution is 0.144. The number of hydrogen-bond acceptors (Lipinski definition) is 4. The second kappa shape index (κ2) is 4.19. The second-order valence-electron chi connectivity index (χ2n) is 2.57. The van der Waals surface area contributed by atoms with Gasteiger partial charge < -0.3 is 15.6 Å². The lowest BCUT2D eigenvalue weighted by Gasteiger charge is -2.08. The van der Waals surface area contributed by atoms with Crippen molar-refractivity contribution in [1.29, 1.82) is 0 Å². The van der Waals surface area contributed by atoms with Gasteiger partial charge in [0.1, 0.15) is 5.69 Å². The zero-order valence-electron chi connectivity index (χ0n) is 7.50. The molecule has 0 saturated heterocycles. The highest BCUT2D eigenvalue weighted by atomic mass is 19.3. The van der Waals surface area contributed by atoms with E-state index in [9.17, 15) is 13.9 Å². The van der Waals surface area contributed by atoms with E-state index in [0.717, 1.165) is 6.07 Å². The first-order chi connectivity index (χ1) is 6.60. The van der Waals surface area contributed by atoms with E-state index in [1.54, 1.807) is 0 Å². The van der Waals surface area contributed by atoms with Gasteiger partial charge in [0.15, 0.2) is 5.75 Å². The Morgan fingerprint density at radius 2 is 2.29 bits per heavy atom. The van der Waals surface area contributed by atoms with Crippen molar-refractivity contribution in [1.82, 2.24) is 4.98 Å². The Bertz CT molecular complexity index is 306. The highest BCUT2D eigenvalue weighted by Crippen LogP contribution is 2.31. The molecule has 0 saturated carbocycles. The molecule has 6 heteroatoms. The third-order valence-electron chi connectivity index (χ3n) is 1.70. The van der Waals surface area contributed by atoms with Crippen LogP contribution in [0.3, 0.4) is 0 Å². The fourth-order valence-electron chi connectivity index (χ4n) is 0.996. The van der Waals surface area contributed by atoms with E-state index in [4.69, 9.17) is 5.73 Å². The predicted octanol–water partition coefficient (Wildman–Crippen LogP) is 1.19. The van der Waals surface area contributed by atoms with Crippen LogP contribution in [0.2, 0.25) is 0 Å². The molecular formula is C8H10F2N2O2. The van der Waals surface area contributed by atoms with Gasteiger partial charge in [-0.25, -0.2) is 13.8 Å². The molecule has 0 aliphatic carbocycles. The van der Waals surface area contributed by atoms with E-state index < -0.39 is 12.1 Å². The van der Waals surface area contributed by atoms with Gasteiger partial charge in [-0.2, -0.15) is 0 Å². The zero-order chi connectivity index (χ0) is 10.7. The van der Waals surface area contributed by atoms with Crippen molar-refractivity contribution in [3.05, 3.63) is 17.3 Å². The quantitative estimate of drug-likeness (QED) is 0.776. The van der Waals surface area contributed by atoms with Gasteiger partial charge in [-0.3, -0.25) is 0 Å². The lowest BCUT2D eigenvalue weighted by Crippen LogP contribution is -2.02. The smallest absolute Gasteiger partial charge is 0.280 e. The first kappa shape index (κ1) is 10.6. The Morgan fingerprint density at radius 3 is 2.71 bits per heavy atom. The van der Waals surface area contributed by atoms with Crippen molar-refractivity contribution in [2.24, 2.45) is 5.73 Å². The summed E-state index contributed by atoms with van der Waals surface area (Å²) >= 11 is 0. The van der Waals surface area contributed by atoms with Crippen molar-refractivity contribution < 1.29 is 18.6 Å². The summed E-state index contributed by atoms with van der Waals surface area (Å²) in [7, 11) is 1.23. The normalized spacial score (nSPS) is 10.6. The number of aromatic nitrogens is 1. The van der Waals surface area contributed by atoms with E-state index in [1.165, 1.54) is 7.11 Å². The number of nitrogens with two attached hydrogens (primary N) is 1. The Kier molecular flexibility index (Phi) is 3.19. The summed E-state index contributed by atoms with van der Waals surface area (Å²) in [6, 6.07) is 1.06. The Hall–Kier alpha value is -1.43. The summed E-state index contributed by atoms with van der Waals surface area (Å²) in [6.07, 6.45) is -2.71. The zero-order valence-corrected chi connectivity index (χ0v) is 7.50. The molecule has 1 rings (SSSR count). The average molecular weight is 204 g/mol. The lowest BCUT2D eigenvalue weighted by atomic mass is 10.2. The first-order valence-electron chi connectivity index (χ1n) is 3.85. The van der Waals surface area contributed by atoms with E-state index in [-0.39, 0.29) is 23.7 Å². The van der Waals surface area contributed by atoms with Crippen LogP contribution in [0.25, 0.3) is 0 Å². The number of aromatic hydroxyl groups is 1. The topological polar surface area (TPSA) is 68.4 Å². The van der Waals surface area contributed by atoms with E-state index in [0.29, 0.717) is 0 Å². The summed E-state index contributed by atoms with van der Waals surface area (Å²) in [4.78, 5) is 3.42. The molecule has 4 nitrogen and oxygen atoms in total. The monoisotopic (exact) mass is 204 g/mol. The molecule has 0 radical (unpaired) electrons. The van der Waals surface area contributed by atoms with Crippen LogP contribution in [0, 0.1) is 0 Å². The Labute approximate surface area is 79.3 Å². The van der Waals surface area contributed by atoms with Gasteiger partial charge in [-0.05, 0) is 6.07 Å². The third-order valence-corrected chi connectivity index (χ3v) is 1.70. The maximum atomic E-state index is 12.3. The summed E-state index contributed by atoms with van der Waals surface area (Å²) in [5, 5.41) is 9.38. The molecule has 0 unspecified atom stereocenters. The van der Waals surface area contributed by atoms with E-state index >= 15 is 0 Å². The first-order valence-corrected chi connectivity index (χ1v) is 3.85. The van der Waals surface area contributed by atoms with Crippen LogP contribution in [-0.4, -0.2) is 17.2 Å². The van der Waals surface area contributed by atoms with Gasteiger partial charge in [-0.1, -0.05) is 0 Å². The number of hydrogen-bond donors (Lipinski definition) is 2. The number of halogens is 2. The molecule has 0 atom stereocenters. The van der Waals surface area contributed by atoms with Crippen LogP contribution in [0.4, 0.5) is 8.78 Å². The summed E-state index contributed by atoms with van der Waals surface area (Å²) < 4.78 is 29.2. The van der Waals surface area contributed by atoms with Crippen LogP contribution < -0.4 is 10.5 Å². The molecule has 0 spiro atoms. The van der Waals surface area contributed by atoms with Crippen molar-refractivity contribution in [3.63, 3.8) is 0 Å². The molecule has 0 aliphatic heterocycles. The molecule has 1 aromatic rings. The highest BCUT2D eigenvalue weighted by Gasteiger charge is 2.16. The van der Waals surface area contributed by atoms with Gasteiger partial charge in [0.25, 0.3) is 12.3 Å². The summed E-state index contributed by atoms with van der Waals surface area (Å²) in [5.74, 6) is -0.525. The summed E-state index contributed by atoms with van der Waals surface area (Å²) in [5.41, 5.74) is 4.98. The maximum Gasteiger partial charge on any atom is 0.280 e. The van der Waals surface area contributed by atoms with Crippen LogP contribution >= 0.6 is 0 Å². The number of pyridine rings is 1. The van der Waals surface area contributed by atoms with Crippen LogP contribution in [0.1, 0.15) is 17.7 Å². The maximum absolute atomic E-state index is 12.3. The number of methoxy groups -OCH3 is 1. The fourth-order valence-corrected chi connectivity index (χ4v) is 0.996. The van der Waals surface area contributed by atoms with Crippen molar-refractivity contribution in [3.8, 4) is 11.6 Å². The van der Waals surface area contributed by atoms with Crippen LogP contribution in [0.5, 0.6) is 11.6 Å². The molecule has 14 heavy (non-hydrogen) atoms. The number of alkyl halides is 2. The van der Waals surface area contributed by atoms with E-state index in [1.807, 2.05) is 0 Å². The van der Waals surface area contributed by atoms with Crippen molar-refractivity contribution in [2.45, 2.75) is 13.0 Å². The SMILES string of the molecule is COc1nc(C(F)F)cc(CN)c1O. The minimum atomic E-state index is -2.71. The molecule has 0 fully saturated rings. The molecule has 0 bridgehead atoms. The molecule has 78 valence electrons. The number of ether oxygens (including phenoxy) is 1. The predicted molar refractivity (Wildman–Crippen MR) is 45.3 cm³/mol. The van der Waals surface area contributed by atoms with Crippen molar-refractivity contribution >= 4 is 0 Å².